The predicted octanol–water partition coefficient (Wildman–Crippen LogP) is 2.80. The van der Waals surface area contributed by atoms with E-state index in [4.69, 9.17) is 9.47 Å². The first-order valence-electron chi connectivity index (χ1n) is 7.51. The van der Waals surface area contributed by atoms with Crippen LogP contribution >= 0.6 is 9.16 Å². The fourth-order valence-electron chi connectivity index (χ4n) is 2.28. The molecule has 6 heteroatoms. The molecule has 0 saturated heterocycles. The van der Waals surface area contributed by atoms with Gasteiger partial charge in [-0.2, -0.15) is 0 Å². The summed E-state index contributed by atoms with van der Waals surface area (Å²) in [5.41, 5.74) is 0.289. The van der Waals surface area contributed by atoms with Crippen LogP contribution in [0.25, 0.3) is 0 Å². The van der Waals surface area contributed by atoms with Crippen LogP contribution < -0.4 is 0 Å². The van der Waals surface area contributed by atoms with Gasteiger partial charge >= 0.3 is 11.9 Å². The third-order valence-electron chi connectivity index (χ3n) is 3.27. The van der Waals surface area contributed by atoms with Gasteiger partial charge in [0.25, 0.3) is 0 Å². The summed E-state index contributed by atoms with van der Waals surface area (Å²) in [6, 6.07) is 3.31. The molecule has 0 aliphatic rings. The van der Waals surface area contributed by atoms with Crippen LogP contribution in [0, 0.1) is 0 Å². The molecule has 1 rings (SSSR count). The van der Waals surface area contributed by atoms with Crippen molar-refractivity contribution in [2.75, 3.05) is 38.2 Å². The summed E-state index contributed by atoms with van der Waals surface area (Å²) in [6.45, 7) is 3.71. The largest absolute Gasteiger partial charge is 0.462 e. The molecule has 0 spiro atoms. The van der Waals surface area contributed by atoms with Crippen LogP contribution in [0.4, 0.5) is 0 Å². The Morgan fingerprint density at radius 1 is 0.957 bits per heavy atom. The second-order valence-electron chi connectivity index (χ2n) is 7.06. The lowest BCUT2D eigenvalue weighted by atomic mass is 10.0. The molecule has 0 aliphatic carbocycles. The quantitative estimate of drug-likeness (QED) is 0.489. The minimum absolute atomic E-state index is 0.000741. The summed E-state index contributed by atoms with van der Waals surface area (Å²) >= 11 is 0. The number of ether oxygens (including phenoxy) is 2. The van der Waals surface area contributed by atoms with Gasteiger partial charge in [-0.3, -0.25) is 14.0 Å². The van der Waals surface area contributed by atoms with E-state index in [1.54, 1.807) is 26.0 Å². The molecule has 0 aliphatic heterocycles. The normalized spacial score (nSPS) is 12.9. The first-order chi connectivity index (χ1) is 10.5. The number of hydrogen-bond acceptors (Lipinski definition) is 5. The zero-order chi connectivity index (χ0) is 17.9. The van der Waals surface area contributed by atoms with Crippen LogP contribution in [0.5, 0.6) is 0 Å². The third kappa shape index (κ3) is 4.34. The molecule has 0 heterocycles. The Morgan fingerprint density at radius 2 is 1.43 bits per heavy atom. The summed E-state index contributed by atoms with van der Waals surface area (Å²) in [5.74, 6) is -1.28. The molecule has 1 aromatic carbocycles. The summed E-state index contributed by atoms with van der Waals surface area (Å²) in [5, 5.41) is 0. The molecule has 23 heavy (non-hydrogen) atoms. The SMILES string of the molecule is CCOC(=O)c1c(C=O)ccc([SH](C)(C)(C)C)c1C(=O)OCC. The van der Waals surface area contributed by atoms with Crippen molar-refractivity contribution in [1.29, 1.82) is 0 Å². The Labute approximate surface area is 137 Å². The first-order valence-corrected chi connectivity index (χ1v) is 11.5. The molecular weight excluding hydrogens is 316 g/mol. The molecule has 0 saturated carbocycles. The molecular formula is C17H26O5S. The van der Waals surface area contributed by atoms with Crippen LogP contribution in [0.15, 0.2) is 17.0 Å². The Morgan fingerprint density at radius 3 is 1.83 bits per heavy atom. The summed E-state index contributed by atoms with van der Waals surface area (Å²) in [4.78, 5) is 37.0. The van der Waals surface area contributed by atoms with Gasteiger partial charge in [-0.15, -0.1) is 0 Å². The third-order valence-corrected chi connectivity index (χ3v) is 5.57. The van der Waals surface area contributed by atoms with Gasteiger partial charge in [-0.1, -0.05) is 0 Å². The van der Waals surface area contributed by atoms with Crippen molar-refractivity contribution in [1.82, 2.24) is 0 Å². The first kappa shape index (κ1) is 19.2. The lowest BCUT2D eigenvalue weighted by Crippen LogP contribution is -2.23. The highest BCUT2D eigenvalue weighted by atomic mass is 32.3. The van der Waals surface area contributed by atoms with Crippen molar-refractivity contribution in [3.05, 3.63) is 28.8 Å². The minimum Gasteiger partial charge on any atom is -0.462 e. The number of rotatable bonds is 6. The Balaban J connectivity index is 3.82. The van der Waals surface area contributed by atoms with Crippen LogP contribution in [0.1, 0.15) is 44.9 Å². The molecule has 0 radical (unpaired) electrons. The molecule has 1 aromatic rings. The molecule has 5 nitrogen and oxygen atoms in total. The van der Waals surface area contributed by atoms with Gasteiger partial charge in [0, 0.05) is 5.56 Å². The molecule has 0 aromatic heterocycles. The van der Waals surface area contributed by atoms with Gasteiger partial charge in [-0.05, 0) is 55.9 Å². The van der Waals surface area contributed by atoms with Crippen molar-refractivity contribution in [2.24, 2.45) is 0 Å². The Hall–Kier alpha value is -1.82. The van der Waals surface area contributed by atoms with Gasteiger partial charge in [0.2, 0.25) is 0 Å². The fourth-order valence-corrected chi connectivity index (χ4v) is 4.05. The number of aldehydes is 1. The highest BCUT2D eigenvalue weighted by Gasteiger charge is 2.33. The fraction of sp³-hybridized carbons (Fsp3) is 0.471. The van der Waals surface area contributed by atoms with Crippen molar-refractivity contribution in [3.8, 4) is 0 Å². The molecule has 0 N–H and O–H groups in total. The maximum Gasteiger partial charge on any atom is 0.340 e. The van der Waals surface area contributed by atoms with Gasteiger partial charge < -0.3 is 9.47 Å². The van der Waals surface area contributed by atoms with Crippen LogP contribution in [-0.2, 0) is 9.47 Å². The van der Waals surface area contributed by atoms with Crippen molar-refractivity contribution in [2.45, 2.75) is 18.7 Å². The second kappa shape index (κ2) is 6.74. The Kier molecular flexibility index (Phi) is 5.64. The highest BCUT2D eigenvalue weighted by molar-refractivity contribution is 8.47. The number of carbonyl (C=O) groups is 3. The average Bonchev–Trinajstić information content (AvgIpc) is 2.44. The highest BCUT2D eigenvalue weighted by Crippen LogP contribution is 2.64. The Bertz CT molecular complexity index is 631. The number of benzene rings is 1. The lowest BCUT2D eigenvalue weighted by molar-refractivity contribution is 0.0474. The van der Waals surface area contributed by atoms with Crippen molar-refractivity contribution < 1.29 is 23.9 Å². The van der Waals surface area contributed by atoms with Gasteiger partial charge in [0.15, 0.2) is 6.29 Å². The summed E-state index contributed by atoms with van der Waals surface area (Å²) < 4.78 is 10.2. The summed E-state index contributed by atoms with van der Waals surface area (Å²) in [6.07, 6.45) is 8.83. The van der Waals surface area contributed by atoms with Crippen molar-refractivity contribution in [3.63, 3.8) is 0 Å². The minimum atomic E-state index is -2.41. The van der Waals surface area contributed by atoms with E-state index in [2.05, 4.69) is 25.0 Å². The second-order valence-corrected chi connectivity index (χ2v) is 14.7. The van der Waals surface area contributed by atoms with E-state index >= 15 is 0 Å². The molecule has 0 bridgehead atoms. The molecule has 0 unspecified atom stereocenters. The zero-order valence-corrected chi connectivity index (χ0v) is 15.5. The van der Waals surface area contributed by atoms with Crippen LogP contribution in [-0.4, -0.2) is 56.5 Å². The molecule has 0 amide bonds. The number of hydrogen-bond donors (Lipinski definition) is 1. The molecule has 0 atom stereocenters. The zero-order valence-electron chi connectivity index (χ0n) is 14.6. The summed E-state index contributed by atoms with van der Waals surface area (Å²) in [7, 11) is -2.41. The number of thiol groups is 1. The topological polar surface area (TPSA) is 69.7 Å². The number of esters is 2. The van der Waals surface area contributed by atoms with E-state index in [1.807, 2.05) is 0 Å². The number of carbonyl (C=O) groups excluding carboxylic acids is 3. The monoisotopic (exact) mass is 342 g/mol. The van der Waals surface area contributed by atoms with E-state index in [0.717, 1.165) is 4.90 Å². The predicted molar refractivity (Wildman–Crippen MR) is 94.7 cm³/mol. The van der Waals surface area contributed by atoms with Gasteiger partial charge in [-0.25, -0.2) is 9.59 Å². The standard InChI is InChI=1S/C17H26O5S/c1-7-21-16(19)14-12(11-18)9-10-13(23(3,4,5)6)15(14)17(20)22-8-2/h9-11,23H,7-8H2,1-6H3. The van der Waals surface area contributed by atoms with E-state index < -0.39 is 21.1 Å². The van der Waals surface area contributed by atoms with Crippen LogP contribution in [0.3, 0.4) is 0 Å². The van der Waals surface area contributed by atoms with E-state index in [0.29, 0.717) is 6.29 Å². The van der Waals surface area contributed by atoms with E-state index in [-0.39, 0.29) is 29.9 Å². The maximum absolute atomic E-state index is 12.5. The molecule has 0 fully saturated rings. The van der Waals surface area contributed by atoms with E-state index in [9.17, 15) is 14.4 Å². The maximum atomic E-state index is 12.5. The molecule has 130 valence electrons. The van der Waals surface area contributed by atoms with E-state index in [1.165, 1.54) is 0 Å². The smallest absolute Gasteiger partial charge is 0.340 e. The van der Waals surface area contributed by atoms with Gasteiger partial charge in [0.1, 0.15) is 0 Å². The van der Waals surface area contributed by atoms with Crippen molar-refractivity contribution >= 4 is 27.4 Å². The van der Waals surface area contributed by atoms with Crippen LogP contribution in [0.2, 0.25) is 0 Å². The lowest BCUT2D eigenvalue weighted by Gasteiger charge is -2.48. The average molecular weight is 342 g/mol. The van der Waals surface area contributed by atoms with Gasteiger partial charge in [0.05, 0.1) is 24.3 Å².